The van der Waals surface area contributed by atoms with Gasteiger partial charge in [0.05, 0.1) is 11.5 Å². The highest BCUT2D eigenvalue weighted by Crippen LogP contribution is 2.37. The zero-order valence-corrected chi connectivity index (χ0v) is 15.1. The zero-order valence-electron chi connectivity index (χ0n) is 15.1. The lowest BCUT2D eigenvalue weighted by Gasteiger charge is -2.38. The van der Waals surface area contributed by atoms with Crippen molar-refractivity contribution in [2.45, 2.75) is 25.2 Å². The van der Waals surface area contributed by atoms with E-state index in [9.17, 15) is 10.1 Å². The normalized spacial score (nSPS) is 12.5. The molecule has 0 aromatic heterocycles. The Morgan fingerprint density at radius 3 is 2.00 bits per heavy atom. The van der Waals surface area contributed by atoms with Gasteiger partial charge in [-0.15, -0.1) is 0 Å². The standard InChI is InChI=1S/C22H22N2O3/c1-17(23)22(19-10-4-2-5-11-19,20-12-6-3-7-13-20)27-16-18-9-8-14-21(15-18)24(25)26/h2-15,17H,16,23H2,1H3. The van der Waals surface area contributed by atoms with Crippen molar-refractivity contribution >= 4 is 5.69 Å². The number of hydrogen-bond donors (Lipinski definition) is 1. The van der Waals surface area contributed by atoms with E-state index in [1.165, 1.54) is 12.1 Å². The average Bonchev–Trinajstić information content (AvgIpc) is 2.70. The van der Waals surface area contributed by atoms with E-state index in [0.29, 0.717) is 0 Å². The molecule has 0 saturated heterocycles. The molecular formula is C22H22N2O3. The summed E-state index contributed by atoms with van der Waals surface area (Å²) in [5, 5.41) is 11.1. The van der Waals surface area contributed by atoms with Crippen molar-refractivity contribution in [3.8, 4) is 0 Å². The third kappa shape index (κ3) is 3.89. The van der Waals surface area contributed by atoms with Gasteiger partial charge in [-0.25, -0.2) is 0 Å². The van der Waals surface area contributed by atoms with Gasteiger partial charge in [-0.1, -0.05) is 72.8 Å². The minimum atomic E-state index is -0.868. The molecule has 0 amide bonds. The SMILES string of the molecule is CC(N)C(OCc1cccc([N+](=O)[O-])c1)(c1ccccc1)c1ccccc1. The fourth-order valence-corrected chi connectivity index (χ4v) is 3.32. The first-order valence-electron chi connectivity index (χ1n) is 8.78. The van der Waals surface area contributed by atoms with Crippen LogP contribution in [0.25, 0.3) is 0 Å². The molecule has 0 bridgehead atoms. The van der Waals surface area contributed by atoms with Crippen LogP contribution in [0.3, 0.4) is 0 Å². The van der Waals surface area contributed by atoms with Crippen LogP contribution in [0.4, 0.5) is 5.69 Å². The number of nitro groups is 1. The molecule has 3 aromatic carbocycles. The lowest BCUT2D eigenvalue weighted by Crippen LogP contribution is -2.46. The number of non-ortho nitro benzene ring substituents is 1. The third-order valence-corrected chi connectivity index (χ3v) is 4.63. The Kier molecular flexibility index (Phi) is 5.64. The molecule has 0 aliphatic heterocycles. The van der Waals surface area contributed by atoms with Crippen molar-refractivity contribution in [3.05, 3.63) is 112 Å². The van der Waals surface area contributed by atoms with Gasteiger partial charge in [-0.05, 0) is 23.6 Å². The molecule has 1 atom stereocenters. The first kappa shape index (κ1) is 18.8. The predicted octanol–water partition coefficient (Wildman–Crippen LogP) is 4.40. The lowest BCUT2D eigenvalue weighted by molar-refractivity contribution is -0.385. The van der Waals surface area contributed by atoms with Gasteiger partial charge in [-0.3, -0.25) is 10.1 Å². The van der Waals surface area contributed by atoms with Gasteiger partial charge >= 0.3 is 0 Å². The second-order valence-corrected chi connectivity index (χ2v) is 6.47. The van der Waals surface area contributed by atoms with Crippen LogP contribution in [0.2, 0.25) is 0 Å². The van der Waals surface area contributed by atoms with Gasteiger partial charge in [0.1, 0.15) is 5.60 Å². The molecule has 5 nitrogen and oxygen atoms in total. The van der Waals surface area contributed by atoms with Crippen LogP contribution in [-0.4, -0.2) is 11.0 Å². The van der Waals surface area contributed by atoms with Crippen molar-refractivity contribution in [3.63, 3.8) is 0 Å². The summed E-state index contributed by atoms with van der Waals surface area (Å²) < 4.78 is 6.44. The van der Waals surface area contributed by atoms with Gasteiger partial charge in [0, 0.05) is 18.2 Å². The highest BCUT2D eigenvalue weighted by Gasteiger charge is 2.39. The molecule has 0 aliphatic rings. The Labute approximate surface area is 158 Å². The Morgan fingerprint density at radius 1 is 0.963 bits per heavy atom. The lowest BCUT2D eigenvalue weighted by atomic mass is 9.81. The number of hydrogen-bond acceptors (Lipinski definition) is 4. The molecule has 3 rings (SSSR count). The van der Waals surface area contributed by atoms with E-state index in [1.54, 1.807) is 6.07 Å². The van der Waals surface area contributed by atoms with Crippen LogP contribution in [0, 0.1) is 10.1 Å². The van der Waals surface area contributed by atoms with E-state index >= 15 is 0 Å². The summed E-state index contributed by atoms with van der Waals surface area (Å²) in [5.74, 6) is 0. The molecular weight excluding hydrogens is 340 g/mol. The van der Waals surface area contributed by atoms with Crippen LogP contribution in [0.15, 0.2) is 84.9 Å². The maximum Gasteiger partial charge on any atom is 0.269 e. The van der Waals surface area contributed by atoms with Crippen LogP contribution in [0.5, 0.6) is 0 Å². The van der Waals surface area contributed by atoms with Crippen molar-refractivity contribution in [1.82, 2.24) is 0 Å². The van der Waals surface area contributed by atoms with Crippen LogP contribution >= 0.6 is 0 Å². The Balaban J connectivity index is 2.02. The molecule has 0 heterocycles. The zero-order chi connectivity index (χ0) is 19.3. The molecule has 138 valence electrons. The summed E-state index contributed by atoms with van der Waals surface area (Å²) in [7, 11) is 0. The number of benzene rings is 3. The predicted molar refractivity (Wildman–Crippen MR) is 105 cm³/mol. The number of ether oxygens (including phenoxy) is 1. The number of rotatable bonds is 7. The first-order valence-corrected chi connectivity index (χ1v) is 8.78. The minimum absolute atomic E-state index is 0.0434. The van der Waals surface area contributed by atoms with E-state index in [2.05, 4.69) is 0 Å². The summed E-state index contributed by atoms with van der Waals surface area (Å²) in [6, 6.07) is 25.8. The van der Waals surface area contributed by atoms with E-state index < -0.39 is 10.5 Å². The molecule has 27 heavy (non-hydrogen) atoms. The number of nitrogens with zero attached hydrogens (tertiary/aromatic N) is 1. The Hall–Kier alpha value is -3.02. The smallest absolute Gasteiger partial charge is 0.269 e. The van der Waals surface area contributed by atoms with E-state index in [0.717, 1.165) is 16.7 Å². The maximum atomic E-state index is 11.1. The summed E-state index contributed by atoms with van der Waals surface area (Å²) in [6.45, 7) is 2.11. The van der Waals surface area contributed by atoms with E-state index in [4.69, 9.17) is 10.5 Å². The summed E-state index contributed by atoms with van der Waals surface area (Å²) in [5.41, 5.74) is 8.23. The largest absolute Gasteiger partial charge is 0.359 e. The van der Waals surface area contributed by atoms with Gasteiger partial charge in [-0.2, -0.15) is 0 Å². The topological polar surface area (TPSA) is 78.4 Å². The van der Waals surface area contributed by atoms with Gasteiger partial charge in [0.25, 0.3) is 5.69 Å². The fourth-order valence-electron chi connectivity index (χ4n) is 3.32. The quantitative estimate of drug-likeness (QED) is 0.499. The molecule has 5 heteroatoms. The molecule has 0 saturated carbocycles. The average molecular weight is 362 g/mol. The fraction of sp³-hybridized carbons (Fsp3) is 0.182. The third-order valence-electron chi connectivity index (χ3n) is 4.63. The molecule has 0 aliphatic carbocycles. The van der Waals surface area contributed by atoms with Crippen LogP contribution < -0.4 is 5.73 Å². The van der Waals surface area contributed by atoms with Crippen molar-refractivity contribution < 1.29 is 9.66 Å². The van der Waals surface area contributed by atoms with Crippen molar-refractivity contribution in [2.75, 3.05) is 0 Å². The highest BCUT2D eigenvalue weighted by molar-refractivity contribution is 5.39. The highest BCUT2D eigenvalue weighted by atomic mass is 16.6. The van der Waals surface area contributed by atoms with Crippen LogP contribution in [-0.2, 0) is 16.9 Å². The molecule has 1 unspecified atom stereocenters. The molecule has 2 N–H and O–H groups in total. The minimum Gasteiger partial charge on any atom is -0.359 e. The van der Waals surface area contributed by atoms with Gasteiger partial charge < -0.3 is 10.5 Å². The first-order chi connectivity index (χ1) is 13.0. The molecule has 0 radical (unpaired) electrons. The van der Waals surface area contributed by atoms with E-state index in [-0.39, 0.29) is 18.3 Å². The summed E-state index contributed by atoms with van der Waals surface area (Å²) in [6.07, 6.45) is 0. The van der Waals surface area contributed by atoms with Crippen molar-refractivity contribution in [2.24, 2.45) is 5.73 Å². The van der Waals surface area contributed by atoms with Crippen LogP contribution in [0.1, 0.15) is 23.6 Å². The van der Waals surface area contributed by atoms with Gasteiger partial charge in [0.15, 0.2) is 0 Å². The second kappa shape index (κ2) is 8.12. The number of nitrogens with two attached hydrogens (primary N) is 1. The Bertz CT molecular complexity index is 856. The summed E-state index contributed by atoms with van der Waals surface area (Å²) >= 11 is 0. The molecule has 0 fully saturated rings. The van der Waals surface area contributed by atoms with Crippen molar-refractivity contribution in [1.29, 1.82) is 0 Å². The molecule has 3 aromatic rings. The summed E-state index contributed by atoms with van der Waals surface area (Å²) in [4.78, 5) is 10.6. The second-order valence-electron chi connectivity index (χ2n) is 6.47. The van der Waals surface area contributed by atoms with Gasteiger partial charge in [0.2, 0.25) is 0 Å². The van der Waals surface area contributed by atoms with E-state index in [1.807, 2.05) is 73.7 Å². The molecule has 0 spiro atoms. The maximum absolute atomic E-state index is 11.1. The number of nitro benzene ring substituents is 1. The monoisotopic (exact) mass is 362 g/mol. The Morgan fingerprint density at radius 2 is 1.52 bits per heavy atom.